The summed E-state index contributed by atoms with van der Waals surface area (Å²) in [6, 6.07) is 11.2. The van der Waals surface area contributed by atoms with E-state index in [1.165, 1.54) is 23.1 Å². The lowest BCUT2D eigenvalue weighted by Gasteiger charge is -2.21. The molecule has 0 bridgehead atoms. The van der Waals surface area contributed by atoms with Crippen molar-refractivity contribution in [3.05, 3.63) is 73.8 Å². The molecule has 1 amide bonds. The zero-order valence-electron chi connectivity index (χ0n) is 12.3. The van der Waals surface area contributed by atoms with Gasteiger partial charge in [0, 0.05) is 29.2 Å². The summed E-state index contributed by atoms with van der Waals surface area (Å²) in [5.41, 5.74) is 0.481. The van der Waals surface area contributed by atoms with Crippen molar-refractivity contribution in [3.63, 3.8) is 0 Å². The van der Waals surface area contributed by atoms with Crippen molar-refractivity contribution < 1.29 is 9.72 Å². The first kappa shape index (κ1) is 17.2. The number of benzene rings is 2. The van der Waals surface area contributed by atoms with Gasteiger partial charge in [0.2, 0.25) is 0 Å². The Kier molecular flexibility index (Phi) is 5.58. The van der Waals surface area contributed by atoms with Crippen molar-refractivity contribution >= 4 is 34.8 Å². The predicted molar refractivity (Wildman–Crippen MR) is 90.0 cm³/mol. The second-order valence-electron chi connectivity index (χ2n) is 4.83. The lowest BCUT2D eigenvalue weighted by atomic mass is 10.1. The molecule has 0 fully saturated rings. The van der Waals surface area contributed by atoms with Gasteiger partial charge in [0.25, 0.3) is 11.6 Å². The van der Waals surface area contributed by atoms with Gasteiger partial charge in [-0.3, -0.25) is 14.9 Å². The van der Waals surface area contributed by atoms with E-state index < -0.39 is 10.8 Å². The number of hydrogen-bond donors (Lipinski definition) is 0. The molecule has 0 aliphatic carbocycles. The van der Waals surface area contributed by atoms with E-state index in [0.29, 0.717) is 11.6 Å². The van der Waals surface area contributed by atoms with Crippen molar-refractivity contribution in [1.82, 2.24) is 4.90 Å². The smallest absolute Gasteiger partial charge is 0.283 e. The Morgan fingerprint density at radius 3 is 2.52 bits per heavy atom. The maximum Gasteiger partial charge on any atom is 0.283 e. The summed E-state index contributed by atoms with van der Waals surface area (Å²) in [7, 11) is 0. The van der Waals surface area contributed by atoms with Gasteiger partial charge in [0.05, 0.1) is 4.92 Å². The van der Waals surface area contributed by atoms with E-state index in [-0.39, 0.29) is 22.8 Å². The number of hydrogen-bond acceptors (Lipinski definition) is 3. The highest BCUT2D eigenvalue weighted by Gasteiger charge is 2.24. The van der Waals surface area contributed by atoms with Crippen LogP contribution in [-0.2, 0) is 6.54 Å². The summed E-state index contributed by atoms with van der Waals surface area (Å²) in [5, 5.41) is 11.9. The minimum Gasteiger partial charge on any atom is -0.334 e. The first-order valence-corrected chi connectivity index (χ1v) is 7.66. The summed E-state index contributed by atoms with van der Waals surface area (Å²) in [4.78, 5) is 24.7. The van der Waals surface area contributed by atoms with Gasteiger partial charge in [-0.15, -0.1) is 0 Å². The van der Waals surface area contributed by atoms with Gasteiger partial charge in [-0.25, -0.2) is 0 Å². The zero-order valence-corrected chi connectivity index (χ0v) is 13.8. The van der Waals surface area contributed by atoms with Crippen LogP contribution in [-0.4, -0.2) is 22.3 Å². The third-order valence-electron chi connectivity index (χ3n) is 3.37. The van der Waals surface area contributed by atoms with Crippen molar-refractivity contribution in [2.45, 2.75) is 13.5 Å². The fourth-order valence-corrected chi connectivity index (χ4v) is 2.53. The SMILES string of the molecule is CCN(Cc1ccccc1Cl)C(=O)c1ccc(Cl)cc1[N+](=O)[O-]. The van der Waals surface area contributed by atoms with Crippen LogP contribution >= 0.6 is 23.2 Å². The summed E-state index contributed by atoms with van der Waals surface area (Å²) in [6.45, 7) is 2.47. The number of carbonyl (C=O) groups excluding carboxylic acids is 1. The molecule has 0 aromatic heterocycles. The molecule has 0 unspecified atom stereocenters. The van der Waals surface area contributed by atoms with Gasteiger partial charge in [0.15, 0.2) is 0 Å². The van der Waals surface area contributed by atoms with Gasteiger partial charge in [-0.05, 0) is 30.7 Å². The minimum absolute atomic E-state index is 0.00769. The summed E-state index contributed by atoms with van der Waals surface area (Å²) < 4.78 is 0. The van der Waals surface area contributed by atoms with Gasteiger partial charge in [0.1, 0.15) is 5.56 Å². The molecule has 0 aliphatic heterocycles. The molecule has 0 N–H and O–H groups in total. The normalized spacial score (nSPS) is 10.4. The molecule has 0 saturated heterocycles. The monoisotopic (exact) mass is 352 g/mol. The molecule has 7 heteroatoms. The van der Waals surface area contributed by atoms with E-state index in [2.05, 4.69) is 0 Å². The molecule has 0 atom stereocenters. The fraction of sp³-hybridized carbons (Fsp3) is 0.188. The van der Waals surface area contributed by atoms with Crippen LogP contribution in [0, 0.1) is 10.1 Å². The molecule has 5 nitrogen and oxygen atoms in total. The Labute approximate surface area is 143 Å². The first-order chi connectivity index (χ1) is 10.9. The van der Waals surface area contributed by atoms with E-state index in [1.54, 1.807) is 19.1 Å². The molecular weight excluding hydrogens is 339 g/mol. The maximum absolute atomic E-state index is 12.7. The average molecular weight is 353 g/mol. The van der Waals surface area contributed by atoms with Crippen molar-refractivity contribution in [2.24, 2.45) is 0 Å². The lowest BCUT2D eigenvalue weighted by molar-refractivity contribution is -0.385. The molecule has 0 radical (unpaired) electrons. The summed E-state index contributed by atoms with van der Waals surface area (Å²) in [5.74, 6) is -0.434. The number of amides is 1. The first-order valence-electron chi connectivity index (χ1n) is 6.90. The predicted octanol–water partition coefficient (Wildman–Crippen LogP) is 4.56. The number of nitrogens with zero attached hydrogens (tertiary/aromatic N) is 2. The standard InChI is InChI=1S/C16H14Cl2N2O3/c1-2-19(10-11-5-3-4-6-14(11)18)16(21)13-8-7-12(17)9-15(13)20(22)23/h3-9H,2,10H2,1H3. The Hall–Kier alpha value is -2.11. The summed E-state index contributed by atoms with van der Waals surface area (Å²) in [6.07, 6.45) is 0. The molecular formula is C16H14Cl2N2O3. The minimum atomic E-state index is -0.609. The van der Waals surface area contributed by atoms with Gasteiger partial charge in [-0.1, -0.05) is 41.4 Å². The van der Waals surface area contributed by atoms with Gasteiger partial charge < -0.3 is 4.90 Å². The zero-order chi connectivity index (χ0) is 17.0. The quantitative estimate of drug-likeness (QED) is 0.585. The van der Waals surface area contributed by atoms with E-state index in [0.717, 1.165) is 5.56 Å². The number of nitro groups is 1. The van der Waals surface area contributed by atoms with E-state index >= 15 is 0 Å². The second-order valence-corrected chi connectivity index (χ2v) is 5.67. The number of nitro benzene ring substituents is 1. The maximum atomic E-state index is 12.7. The lowest BCUT2D eigenvalue weighted by Crippen LogP contribution is -2.31. The highest BCUT2D eigenvalue weighted by molar-refractivity contribution is 6.31. The Morgan fingerprint density at radius 2 is 1.91 bits per heavy atom. The van der Waals surface area contributed by atoms with Crippen LogP contribution in [0.4, 0.5) is 5.69 Å². The highest BCUT2D eigenvalue weighted by Crippen LogP contribution is 2.25. The van der Waals surface area contributed by atoms with Crippen LogP contribution in [0.2, 0.25) is 10.0 Å². The average Bonchev–Trinajstić information content (AvgIpc) is 2.53. The van der Waals surface area contributed by atoms with Crippen LogP contribution < -0.4 is 0 Å². The third-order valence-corrected chi connectivity index (χ3v) is 3.98. The van der Waals surface area contributed by atoms with Crippen molar-refractivity contribution in [3.8, 4) is 0 Å². The van der Waals surface area contributed by atoms with Crippen LogP contribution in [0.5, 0.6) is 0 Å². The number of halogens is 2. The fourth-order valence-electron chi connectivity index (χ4n) is 2.17. The molecule has 2 aromatic carbocycles. The number of carbonyl (C=O) groups is 1. The molecule has 2 rings (SSSR count). The van der Waals surface area contributed by atoms with Crippen LogP contribution in [0.3, 0.4) is 0 Å². The molecule has 2 aromatic rings. The van der Waals surface area contributed by atoms with Gasteiger partial charge in [-0.2, -0.15) is 0 Å². The van der Waals surface area contributed by atoms with E-state index in [1.807, 2.05) is 12.1 Å². The van der Waals surface area contributed by atoms with Crippen LogP contribution in [0.1, 0.15) is 22.8 Å². The van der Waals surface area contributed by atoms with Gasteiger partial charge >= 0.3 is 0 Å². The Morgan fingerprint density at radius 1 is 1.22 bits per heavy atom. The van der Waals surface area contributed by atoms with Crippen LogP contribution in [0.25, 0.3) is 0 Å². The summed E-state index contributed by atoms with van der Waals surface area (Å²) >= 11 is 11.9. The van der Waals surface area contributed by atoms with E-state index in [4.69, 9.17) is 23.2 Å². The van der Waals surface area contributed by atoms with Crippen molar-refractivity contribution in [1.29, 1.82) is 0 Å². The topological polar surface area (TPSA) is 63.5 Å². The molecule has 0 heterocycles. The largest absolute Gasteiger partial charge is 0.334 e. The molecule has 23 heavy (non-hydrogen) atoms. The van der Waals surface area contributed by atoms with Crippen molar-refractivity contribution in [2.75, 3.05) is 6.54 Å². The third kappa shape index (κ3) is 4.00. The van der Waals surface area contributed by atoms with E-state index in [9.17, 15) is 14.9 Å². The molecule has 120 valence electrons. The second kappa shape index (κ2) is 7.44. The highest BCUT2D eigenvalue weighted by atomic mass is 35.5. The Balaban J connectivity index is 2.34. The molecule has 0 aliphatic rings. The molecule has 0 spiro atoms. The van der Waals surface area contributed by atoms with Crippen LogP contribution in [0.15, 0.2) is 42.5 Å². The number of rotatable bonds is 5. The Bertz CT molecular complexity index is 750. The molecule has 0 saturated carbocycles.